The number of aliphatic hydroxyl groups excluding tert-OH is 1. The molecule has 16 heavy (non-hydrogen) atoms. The van der Waals surface area contributed by atoms with Crippen LogP contribution in [0.15, 0.2) is 0 Å². The number of ether oxygens (including phenoxy) is 1. The first kappa shape index (κ1) is 10.9. The number of nitrogens with two attached hydrogens (primary N) is 1. The highest BCUT2D eigenvalue weighted by Crippen LogP contribution is 2.23. The van der Waals surface area contributed by atoms with Crippen molar-refractivity contribution in [2.24, 2.45) is 0 Å². The summed E-state index contributed by atoms with van der Waals surface area (Å²) in [4.78, 5) is 11.8. The molecule has 1 aliphatic carbocycles. The molecule has 0 amide bonds. The average Bonchev–Trinajstić information content (AvgIpc) is 2.15. The Bertz CT molecular complexity index is 367. The Morgan fingerprint density at radius 1 is 1.44 bits per heavy atom. The van der Waals surface area contributed by atoms with Gasteiger partial charge in [0.15, 0.2) is 0 Å². The fourth-order valence-electron chi connectivity index (χ4n) is 1.52. The minimum Gasteiger partial charge on any atom is -0.464 e. The van der Waals surface area contributed by atoms with Gasteiger partial charge in [-0.2, -0.15) is 15.0 Å². The number of rotatable bonds is 4. The summed E-state index contributed by atoms with van der Waals surface area (Å²) in [5.74, 6) is 0.522. The Hall–Kier alpha value is -1.63. The van der Waals surface area contributed by atoms with Crippen LogP contribution in [0.2, 0.25) is 0 Å². The quantitative estimate of drug-likeness (QED) is 0.650. The molecule has 0 aliphatic heterocycles. The zero-order chi connectivity index (χ0) is 11.5. The minimum absolute atomic E-state index is 0.126. The van der Waals surface area contributed by atoms with Crippen molar-refractivity contribution in [1.82, 2.24) is 15.0 Å². The van der Waals surface area contributed by atoms with Gasteiger partial charge in [-0.1, -0.05) is 0 Å². The van der Waals surface area contributed by atoms with E-state index in [0.29, 0.717) is 25.4 Å². The Morgan fingerprint density at radius 2 is 2.19 bits per heavy atom. The first-order valence-electron chi connectivity index (χ1n) is 5.26. The first-order chi connectivity index (χ1) is 7.67. The highest BCUT2D eigenvalue weighted by atomic mass is 16.5. The zero-order valence-corrected chi connectivity index (χ0v) is 9.05. The topological polar surface area (TPSA) is 106 Å². The van der Waals surface area contributed by atoms with Crippen LogP contribution >= 0.6 is 0 Å². The standard InChI is InChI=1S/C9H15N5O2/c1-2-16-9-13-7(10)12-8(14-9)11-5-3-6(15)4-5/h5-6,15H,2-4H2,1H3,(H3,10,11,12,13,14). The smallest absolute Gasteiger partial charge is 0.323 e. The van der Waals surface area contributed by atoms with Crippen molar-refractivity contribution in [2.75, 3.05) is 17.7 Å². The van der Waals surface area contributed by atoms with Gasteiger partial charge in [0.05, 0.1) is 12.7 Å². The molecule has 1 heterocycles. The van der Waals surface area contributed by atoms with E-state index in [0.717, 1.165) is 0 Å². The lowest BCUT2D eigenvalue weighted by Gasteiger charge is -2.31. The van der Waals surface area contributed by atoms with Gasteiger partial charge in [-0.15, -0.1) is 0 Å². The molecule has 1 aromatic rings. The molecular weight excluding hydrogens is 210 g/mol. The SMILES string of the molecule is CCOc1nc(N)nc(NC2CC(O)C2)n1. The molecule has 7 heteroatoms. The van der Waals surface area contributed by atoms with Crippen molar-refractivity contribution in [1.29, 1.82) is 0 Å². The number of aliphatic hydroxyl groups is 1. The molecule has 2 rings (SSSR count). The summed E-state index contributed by atoms with van der Waals surface area (Å²) in [6, 6.07) is 0.420. The van der Waals surface area contributed by atoms with Gasteiger partial charge in [-0.05, 0) is 19.8 Å². The van der Waals surface area contributed by atoms with Crippen LogP contribution in [0, 0.1) is 0 Å². The number of hydrogen-bond donors (Lipinski definition) is 3. The number of nitrogens with one attached hydrogen (secondary N) is 1. The molecule has 1 aliphatic rings. The number of aromatic nitrogens is 3. The molecule has 1 saturated carbocycles. The van der Waals surface area contributed by atoms with Crippen molar-refractivity contribution in [3.63, 3.8) is 0 Å². The Morgan fingerprint density at radius 3 is 2.81 bits per heavy atom. The van der Waals surface area contributed by atoms with Crippen LogP contribution in [-0.4, -0.2) is 38.8 Å². The summed E-state index contributed by atoms with van der Waals surface area (Å²) in [6.45, 7) is 2.32. The van der Waals surface area contributed by atoms with E-state index in [1.165, 1.54) is 0 Å². The largest absolute Gasteiger partial charge is 0.464 e. The third kappa shape index (κ3) is 2.48. The average molecular weight is 225 g/mol. The van der Waals surface area contributed by atoms with Crippen LogP contribution in [0.4, 0.5) is 11.9 Å². The van der Waals surface area contributed by atoms with Crippen LogP contribution in [0.3, 0.4) is 0 Å². The lowest BCUT2D eigenvalue weighted by atomic mass is 9.90. The second-order valence-electron chi connectivity index (χ2n) is 3.70. The molecular formula is C9H15N5O2. The summed E-state index contributed by atoms with van der Waals surface area (Å²) >= 11 is 0. The van der Waals surface area contributed by atoms with Gasteiger partial charge in [-0.3, -0.25) is 0 Å². The highest BCUT2D eigenvalue weighted by Gasteiger charge is 2.27. The van der Waals surface area contributed by atoms with Crippen molar-refractivity contribution in [3.05, 3.63) is 0 Å². The number of nitrogen functional groups attached to an aromatic ring is 1. The Balaban J connectivity index is 2.02. The number of hydrogen-bond acceptors (Lipinski definition) is 7. The second-order valence-corrected chi connectivity index (χ2v) is 3.70. The third-order valence-corrected chi connectivity index (χ3v) is 2.35. The fourth-order valence-corrected chi connectivity index (χ4v) is 1.52. The van der Waals surface area contributed by atoms with E-state index in [9.17, 15) is 0 Å². The highest BCUT2D eigenvalue weighted by molar-refractivity contribution is 5.34. The van der Waals surface area contributed by atoms with Crippen LogP contribution in [-0.2, 0) is 0 Å². The zero-order valence-electron chi connectivity index (χ0n) is 9.05. The van der Waals surface area contributed by atoms with Crippen LogP contribution in [0.5, 0.6) is 6.01 Å². The lowest BCUT2D eigenvalue weighted by Crippen LogP contribution is -2.39. The molecule has 88 valence electrons. The third-order valence-electron chi connectivity index (χ3n) is 2.35. The van der Waals surface area contributed by atoms with Crippen molar-refractivity contribution in [3.8, 4) is 6.01 Å². The normalized spacial score (nSPS) is 23.6. The van der Waals surface area contributed by atoms with E-state index in [4.69, 9.17) is 15.6 Å². The van der Waals surface area contributed by atoms with E-state index in [1.807, 2.05) is 6.92 Å². The molecule has 1 fully saturated rings. The van der Waals surface area contributed by atoms with Crippen molar-refractivity contribution >= 4 is 11.9 Å². The van der Waals surface area contributed by atoms with Crippen molar-refractivity contribution < 1.29 is 9.84 Å². The predicted octanol–water partition coefficient (Wildman–Crippen LogP) is -0.212. The van der Waals surface area contributed by atoms with Crippen molar-refractivity contribution in [2.45, 2.75) is 31.9 Å². The maximum atomic E-state index is 9.15. The Labute approximate surface area is 93.1 Å². The molecule has 0 bridgehead atoms. The number of anilines is 2. The summed E-state index contributed by atoms with van der Waals surface area (Å²) in [5, 5.41) is 12.2. The molecule has 0 aromatic carbocycles. The molecule has 0 atom stereocenters. The van der Waals surface area contributed by atoms with Crippen LogP contribution in [0.25, 0.3) is 0 Å². The van der Waals surface area contributed by atoms with Crippen LogP contribution < -0.4 is 15.8 Å². The molecule has 0 unspecified atom stereocenters. The van der Waals surface area contributed by atoms with E-state index >= 15 is 0 Å². The maximum absolute atomic E-state index is 9.15. The molecule has 0 saturated heterocycles. The van der Waals surface area contributed by atoms with Gasteiger partial charge >= 0.3 is 6.01 Å². The number of nitrogens with zero attached hydrogens (tertiary/aromatic N) is 3. The molecule has 1 aromatic heterocycles. The lowest BCUT2D eigenvalue weighted by molar-refractivity contribution is 0.0834. The predicted molar refractivity (Wildman–Crippen MR) is 58.1 cm³/mol. The molecule has 0 radical (unpaired) electrons. The van der Waals surface area contributed by atoms with Gasteiger partial charge in [0.2, 0.25) is 11.9 Å². The first-order valence-corrected chi connectivity index (χ1v) is 5.26. The maximum Gasteiger partial charge on any atom is 0.323 e. The second kappa shape index (κ2) is 4.48. The van der Waals surface area contributed by atoms with E-state index in [-0.39, 0.29) is 24.1 Å². The van der Waals surface area contributed by atoms with Gasteiger partial charge in [0, 0.05) is 6.04 Å². The van der Waals surface area contributed by atoms with Gasteiger partial charge < -0.3 is 20.9 Å². The van der Waals surface area contributed by atoms with E-state index in [1.54, 1.807) is 0 Å². The van der Waals surface area contributed by atoms with E-state index in [2.05, 4.69) is 20.3 Å². The summed E-state index contributed by atoms with van der Waals surface area (Å²) < 4.78 is 5.15. The van der Waals surface area contributed by atoms with Gasteiger partial charge in [-0.25, -0.2) is 0 Å². The monoisotopic (exact) mass is 225 g/mol. The molecule has 4 N–H and O–H groups in total. The molecule has 0 spiro atoms. The Kier molecular flexibility index (Phi) is 3.04. The van der Waals surface area contributed by atoms with Gasteiger partial charge in [0.1, 0.15) is 0 Å². The fraction of sp³-hybridized carbons (Fsp3) is 0.667. The van der Waals surface area contributed by atoms with E-state index < -0.39 is 0 Å². The van der Waals surface area contributed by atoms with Gasteiger partial charge in [0.25, 0.3) is 0 Å². The minimum atomic E-state index is -0.219. The summed E-state index contributed by atoms with van der Waals surface area (Å²) in [5.41, 5.74) is 5.52. The molecule has 7 nitrogen and oxygen atoms in total. The summed E-state index contributed by atoms with van der Waals surface area (Å²) in [7, 11) is 0. The summed E-state index contributed by atoms with van der Waals surface area (Å²) in [6.07, 6.45) is 1.19. The van der Waals surface area contributed by atoms with Crippen LogP contribution in [0.1, 0.15) is 19.8 Å².